The molecular formula is C27H28ClN5O4. The number of likely N-dealkylation sites (tertiary alicyclic amines) is 1. The summed E-state index contributed by atoms with van der Waals surface area (Å²) in [7, 11) is 1.64. The second-order valence-corrected chi connectivity index (χ2v) is 9.62. The minimum absolute atomic E-state index is 0.0450. The fourth-order valence-corrected chi connectivity index (χ4v) is 4.76. The number of hydrogen-bond donors (Lipinski definition) is 2. The molecule has 2 aliphatic rings. The van der Waals surface area contributed by atoms with E-state index in [9.17, 15) is 9.59 Å². The van der Waals surface area contributed by atoms with Crippen molar-refractivity contribution in [2.24, 2.45) is 0 Å². The molecule has 3 aromatic rings. The third kappa shape index (κ3) is 5.61. The Kier molecular flexibility index (Phi) is 7.14. The van der Waals surface area contributed by atoms with Crippen LogP contribution in [-0.4, -0.2) is 53.0 Å². The van der Waals surface area contributed by atoms with E-state index in [2.05, 4.69) is 27.2 Å². The number of carbonyl (C=O) groups excluding carboxylic acids is 2. The number of urea groups is 1. The van der Waals surface area contributed by atoms with Gasteiger partial charge in [-0.3, -0.25) is 4.79 Å². The average Bonchev–Trinajstić information content (AvgIpc) is 3.73. The number of halogens is 1. The molecule has 37 heavy (non-hydrogen) atoms. The summed E-state index contributed by atoms with van der Waals surface area (Å²) in [6, 6.07) is 8.93. The molecule has 0 bridgehead atoms. The number of nitrogens with one attached hydrogen (secondary N) is 2. The van der Waals surface area contributed by atoms with Gasteiger partial charge in [-0.05, 0) is 61.4 Å². The van der Waals surface area contributed by atoms with Crippen LogP contribution in [0.5, 0.6) is 17.4 Å². The summed E-state index contributed by atoms with van der Waals surface area (Å²) in [6.07, 6.45) is 6.42. The Morgan fingerprint density at radius 3 is 2.59 bits per heavy atom. The third-order valence-corrected chi connectivity index (χ3v) is 7.00. The molecule has 5 rings (SSSR count). The summed E-state index contributed by atoms with van der Waals surface area (Å²) in [5.41, 5.74) is 2.21. The minimum Gasteiger partial charge on any atom is -0.496 e. The van der Waals surface area contributed by atoms with Crippen molar-refractivity contribution in [3.63, 3.8) is 0 Å². The van der Waals surface area contributed by atoms with Gasteiger partial charge in [-0.1, -0.05) is 18.2 Å². The van der Waals surface area contributed by atoms with Crippen molar-refractivity contribution in [2.45, 2.75) is 37.6 Å². The van der Waals surface area contributed by atoms with Crippen LogP contribution in [0.25, 0.3) is 10.9 Å². The topological polar surface area (TPSA) is 106 Å². The first kappa shape index (κ1) is 24.8. The molecule has 2 N–H and O–H groups in total. The van der Waals surface area contributed by atoms with Gasteiger partial charge in [0.05, 0.1) is 28.7 Å². The first-order valence-electron chi connectivity index (χ1n) is 12.2. The molecular weight excluding hydrogens is 494 g/mol. The lowest BCUT2D eigenvalue weighted by Crippen LogP contribution is -2.36. The Morgan fingerprint density at radius 1 is 1.14 bits per heavy atom. The van der Waals surface area contributed by atoms with Gasteiger partial charge in [0.2, 0.25) is 11.8 Å². The fraction of sp³-hybridized carbons (Fsp3) is 0.333. The Labute approximate surface area is 219 Å². The number of piperidine rings is 1. The summed E-state index contributed by atoms with van der Waals surface area (Å²) in [6.45, 7) is 4.90. The highest BCUT2D eigenvalue weighted by molar-refractivity contribution is 6.33. The van der Waals surface area contributed by atoms with Gasteiger partial charge < -0.3 is 25.0 Å². The van der Waals surface area contributed by atoms with Crippen LogP contribution in [0.2, 0.25) is 5.02 Å². The molecule has 9 nitrogen and oxygen atoms in total. The third-order valence-electron chi connectivity index (χ3n) is 6.69. The Morgan fingerprint density at radius 2 is 1.92 bits per heavy atom. The number of carbonyl (C=O) groups is 2. The molecule has 1 saturated carbocycles. The molecule has 1 aromatic heterocycles. The smallest absolute Gasteiger partial charge is 0.319 e. The van der Waals surface area contributed by atoms with E-state index in [1.165, 1.54) is 12.4 Å². The number of fused-ring (bicyclic) bond motifs is 1. The molecule has 0 radical (unpaired) electrons. The van der Waals surface area contributed by atoms with Crippen molar-refractivity contribution in [1.82, 2.24) is 20.2 Å². The number of hydrogen-bond acceptors (Lipinski definition) is 6. The number of benzene rings is 2. The molecule has 2 fully saturated rings. The van der Waals surface area contributed by atoms with Crippen LogP contribution in [0.4, 0.5) is 10.5 Å². The van der Waals surface area contributed by atoms with Crippen LogP contribution < -0.4 is 20.1 Å². The number of amides is 3. The van der Waals surface area contributed by atoms with E-state index in [0.29, 0.717) is 40.9 Å². The van der Waals surface area contributed by atoms with Crippen LogP contribution in [-0.2, 0) is 4.79 Å². The van der Waals surface area contributed by atoms with Crippen molar-refractivity contribution >= 4 is 40.1 Å². The molecule has 0 unspecified atom stereocenters. The largest absolute Gasteiger partial charge is 0.496 e. The summed E-state index contributed by atoms with van der Waals surface area (Å²) in [5, 5.41) is 6.72. The van der Waals surface area contributed by atoms with Gasteiger partial charge >= 0.3 is 6.03 Å². The molecule has 0 atom stereocenters. The molecule has 0 spiro atoms. The van der Waals surface area contributed by atoms with Gasteiger partial charge in [0.25, 0.3) is 0 Å². The second kappa shape index (κ2) is 10.6. The molecule has 192 valence electrons. The molecule has 3 amide bonds. The second-order valence-electron chi connectivity index (χ2n) is 9.21. The van der Waals surface area contributed by atoms with Crippen molar-refractivity contribution in [2.75, 3.05) is 25.5 Å². The maximum atomic E-state index is 12.1. The van der Waals surface area contributed by atoms with E-state index in [1.54, 1.807) is 25.3 Å². The number of rotatable bonds is 7. The summed E-state index contributed by atoms with van der Waals surface area (Å²) in [4.78, 5) is 34.6. The first-order chi connectivity index (χ1) is 17.9. The van der Waals surface area contributed by atoms with E-state index in [0.717, 1.165) is 42.4 Å². The Hall–Kier alpha value is -3.85. The van der Waals surface area contributed by atoms with Gasteiger partial charge in [-0.15, -0.1) is 0 Å². The van der Waals surface area contributed by atoms with Crippen LogP contribution in [0.3, 0.4) is 0 Å². The fourth-order valence-electron chi connectivity index (χ4n) is 4.54. The van der Waals surface area contributed by atoms with Gasteiger partial charge in [-0.25, -0.2) is 14.8 Å². The maximum Gasteiger partial charge on any atom is 0.319 e. The monoisotopic (exact) mass is 521 g/mol. The lowest BCUT2D eigenvalue weighted by molar-refractivity contribution is -0.127. The van der Waals surface area contributed by atoms with Crippen molar-refractivity contribution < 1.29 is 19.1 Å². The van der Waals surface area contributed by atoms with E-state index in [1.807, 2.05) is 17.0 Å². The SMILES string of the molecule is C=CC(=O)N1CCC(c2cc3c(Oc4ccc(NC(=O)NC5CC5)c(Cl)c4)ncnc3cc2OC)CC1. The molecule has 10 heteroatoms. The van der Waals surface area contributed by atoms with Gasteiger partial charge in [-0.2, -0.15) is 0 Å². The van der Waals surface area contributed by atoms with Gasteiger partial charge in [0, 0.05) is 31.3 Å². The van der Waals surface area contributed by atoms with Crippen LogP contribution >= 0.6 is 11.6 Å². The van der Waals surface area contributed by atoms with Crippen molar-refractivity contribution in [3.05, 3.63) is 59.9 Å². The zero-order chi connectivity index (χ0) is 25.9. The highest BCUT2D eigenvalue weighted by Crippen LogP contribution is 2.39. The zero-order valence-electron chi connectivity index (χ0n) is 20.5. The molecule has 2 aromatic carbocycles. The van der Waals surface area contributed by atoms with Gasteiger partial charge in [0.15, 0.2) is 0 Å². The van der Waals surface area contributed by atoms with E-state index < -0.39 is 0 Å². The van der Waals surface area contributed by atoms with Crippen LogP contribution in [0.15, 0.2) is 49.3 Å². The van der Waals surface area contributed by atoms with Crippen LogP contribution in [0, 0.1) is 0 Å². The lowest BCUT2D eigenvalue weighted by Gasteiger charge is -2.32. The molecule has 1 aliphatic carbocycles. The molecule has 1 aliphatic heterocycles. The molecule has 1 saturated heterocycles. The number of anilines is 1. The number of aromatic nitrogens is 2. The summed E-state index contributed by atoms with van der Waals surface area (Å²) < 4.78 is 11.8. The van der Waals surface area contributed by atoms with Gasteiger partial charge in [0.1, 0.15) is 17.8 Å². The quantitative estimate of drug-likeness (QED) is 0.411. The van der Waals surface area contributed by atoms with E-state index in [4.69, 9.17) is 21.1 Å². The zero-order valence-corrected chi connectivity index (χ0v) is 21.3. The Bertz CT molecular complexity index is 1350. The van der Waals surface area contributed by atoms with Crippen molar-refractivity contribution in [3.8, 4) is 17.4 Å². The average molecular weight is 522 g/mol. The highest BCUT2D eigenvalue weighted by atomic mass is 35.5. The maximum absolute atomic E-state index is 12.1. The first-order valence-corrected chi connectivity index (χ1v) is 12.6. The number of nitrogens with zero attached hydrogens (tertiary/aromatic N) is 3. The number of methoxy groups -OCH3 is 1. The minimum atomic E-state index is -0.277. The summed E-state index contributed by atoms with van der Waals surface area (Å²) >= 11 is 6.42. The van der Waals surface area contributed by atoms with Crippen LogP contribution in [0.1, 0.15) is 37.2 Å². The predicted octanol–water partition coefficient (Wildman–Crippen LogP) is 5.26. The number of ether oxygens (including phenoxy) is 2. The van der Waals surface area contributed by atoms with Crippen molar-refractivity contribution in [1.29, 1.82) is 0 Å². The van der Waals surface area contributed by atoms with E-state index >= 15 is 0 Å². The Balaban J connectivity index is 1.38. The normalized spacial score (nSPS) is 15.8. The standard InChI is InChI=1S/C27H28ClN5O4/c1-3-25(34)33-10-8-16(9-11-33)19-13-20-23(14-24(19)36-2)29-15-30-26(20)37-18-6-7-22(21(28)12-18)32-27(35)31-17-4-5-17/h3,6-7,12-17H,1,4-5,8-11H2,2H3,(H2,31,32,35). The lowest BCUT2D eigenvalue weighted by atomic mass is 9.88. The van der Waals surface area contributed by atoms with E-state index in [-0.39, 0.29) is 23.9 Å². The summed E-state index contributed by atoms with van der Waals surface area (Å²) in [5.74, 6) is 1.77. The predicted molar refractivity (Wildman–Crippen MR) is 142 cm³/mol. The molecule has 2 heterocycles. The highest BCUT2D eigenvalue weighted by Gasteiger charge is 2.26.